The number of likely N-dealkylation sites (tertiary alicyclic amines) is 1. The third kappa shape index (κ3) is 3.13. The Balaban J connectivity index is 1.64. The SMILES string of the molecule is CC1(OCC(=O)O)CN(C(=O)NCC2CCC2)C1. The molecule has 0 aromatic carbocycles. The number of carbonyl (C=O) groups is 2. The Labute approximate surface area is 106 Å². The fraction of sp³-hybridized carbons (Fsp3) is 0.833. The van der Waals surface area contributed by atoms with Crippen molar-refractivity contribution < 1.29 is 19.4 Å². The van der Waals surface area contributed by atoms with Crippen molar-refractivity contribution in [2.45, 2.75) is 31.8 Å². The third-order valence-corrected chi connectivity index (χ3v) is 3.65. The number of nitrogens with zero attached hydrogens (tertiary/aromatic N) is 1. The first-order valence-corrected chi connectivity index (χ1v) is 6.37. The monoisotopic (exact) mass is 256 g/mol. The van der Waals surface area contributed by atoms with Crippen LogP contribution in [0.5, 0.6) is 0 Å². The molecule has 0 unspecified atom stereocenters. The van der Waals surface area contributed by atoms with Crippen molar-refractivity contribution in [3.63, 3.8) is 0 Å². The number of carboxylic acid groups (broad SMARTS) is 1. The van der Waals surface area contributed by atoms with Crippen molar-refractivity contribution in [2.75, 3.05) is 26.2 Å². The first-order valence-electron chi connectivity index (χ1n) is 6.37. The predicted octanol–water partition coefficient (Wildman–Crippen LogP) is 0.672. The quantitative estimate of drug-likeness (QED) is 0.758. The predicted molar refractivity (Wildman–Crippen MR) is 64.3 cm³/mol. The molecule has 2 aliphatic rings. The van der Waals surface area contributed by atoms with Gasteiger partial charge in [0.2, 0.25) is 0 Å². The van der Waals surface area contributed by atoms with Crippen molar-refractivity contribution in [3.05, 3.63) is 0 Å². The number of carbonyl (C=O) groups excluding carboxylic acids is 1. The summed E-state index contributed by atoms with van der Waals surface area (Å²) < 4.78 is 5.24. The minimum atomic E-state index is -0.982. The molecule has 6 nitrogen and oxygen atoms in total. The zero-order valence-electron chi connectivity index (χ0n) is 10.6. The van der Waals surface area contributed by atoms with E-state index < -0.39 is 11.6 Å². The topological polar surface area (TPSA) is 78.9 Å². The molecule has 1 heterocycles. The van der Waals surface area contributed by atoms with Gasteiger partial charge in [0.15, 0.2) is 0 Å². The minimum absolute atomic E-state index is 0.0710. The van der Waals surface area contributed by atoms with E-state index in [1.807, 2.05) is 6.92 Å². The van der Waals surface area contributed by atoms with E-state index in [0.717, 1.165) is 6.54 Å². The lowest BCUT2D eigenvalue weighted by molar-refractivity contribution is -0.159. The molecule has 1 saturated carbocycles. The van der Waals surface area contributed by atoms with Gasteiger partial charge in [0.05, 0.1) is 13.1 Å². The van der Waals surface area contributed by atoms with E-state index >= 15 is 0 Å². The number of hydrogen-bond acceptors (Lipinski definition) is 3. The third-order valence-electron chi connectivity index (χ3n) is 3.65. The number of ether oxygens (including phenoxy) is 1. The molecule has 1 aliphatic carbocycles. The highest BCUT2D eigenvalue weighted by Gasteiger charge is 2.42. The van der Waals surface area contributed by atoms with Crippen molar-refractivity contribution >= 4 is 12.0 Å². The van der Waals surface area contributed by atoms with Crippen LogP contribution in [0.25, 0.3) is 0 Å². The highest BCUT2D eigenvalue weighted by Crippen LogP contribution is 2.26. The second-order valence-corrected chi connectivity index (χ2v) is 5.47. The first-order chi connectivity index (χ1) is 8.48. The lowest BCUT2D eigenvalue weighted by Crippen LogP contribution is -2.65. The van der Waals surface area contributed by atoms with Gasteiger partial charge in [-0.25, -0.2) is 9.59 Å². The fourth-order valence-corrected chi connectivity index (χ4v) is 2.27. The summed E-state index contributed by atoms with van der Waals surface area (Å²) in [5.74, 6) is -0.339. The minimum Gasteiger partial charge on any atom is -0.480 e. The van der Waals surface area contributed by atoms with Crippen LogP contribution in [0.1, 0.15) is 26.2 Å². The Hall–Kier alpha value is -1.30. The summed E-state index contributed by atoms with van der Waals surface area (Å²) >= 11 is 0. The standard InChI is InChI=1S/C12H20N2O4/c1-12(18-6-10(15)16)7-14(8-12)11(17)13-5-9-3-2-4-9/h9H,2-8H2,1H3,(H,13,17)(H,15,16). The highest BCUT2D eigenvalue weighted by atomic mass is 16.5. The maximum absolute atomic E-state index is 11.7. The van der Waals surface area contributed by atoms with Crippen LogP contribution in [0.4, 0.5) is 4.79 Å². The van der Waals surface area contributed by atoms with Gasteiger partial charge >= 0.3 is 12.0 Å². The number of amides is 2. The zero-order valence-corrected chi connectivity index (χ0v) is 10.6. The van der Waals surface area contributed by atoms with Crippen molar-refractivity contribution in [1.82, 2.24) is 10.2 Å². The average Bonchev–Trinajstić information content (AvgIpc) is 2.20. The maximum atomic E-state index is 11.7. The van der Waals surface area contributed by atoms with Crippen molar-refractivity contribution in [3.8, 4) is 0 Å². The zero-order chi connectivity index (χ0) is 13.2. The molecule has 0 aromatic heterocycles. The molecule has 0 bridgehead atoms. The van der Waals surface area contributed by atoms with Gasteiger partial charge in [-0.1, -0.05) is 6.42 Å². The molecule has 2 N–H and O–H groups in total. The van der Waals surface area contributed by atoms with E-state index in [1.165, 1.54) is 19.3 Å². The fourth-order valence-electron chi connectivity index (χ4n) is 2.27. The smallest absolute Gasteiger partial charge is 0.329 e. The molecule has 0 atom stereocenters. The molecule has 2 rings (SSSR count). The van der Waals surface area contributed by atoms with Crippen molar-refractivity contribution in [1.29, 1.82) is 0 Å². The second kappa shape index (κ2) is 5.14. The molecule has 18 heavy (non-hydrogen) atoms. The Morgan fingerprint density at radius 3 is 2.61 bits per heavy atom. The van der Waals surface area contributed by atoms with Gasteiger partial charge in [-0.3, -0.25) is 0 Å². The number of aliphatic carboxylic acids is 1. The molecule has 6 heteroatoms. The summed E-state index contributed by atoms with van der Waals surface area (Å²) in [7, 11) is 0. The van der Waals surface area contributed by atoms with Crippen LogP contribution in [0.3, 0.4) is 0 Å². The summed E-state index contributed by atoms with van der Waals surface area (Å²) in [6.45, 7) is 3.18. The van der Waals surface area contributed by atoms with Crippen LogP contribution in [-0.2, 0) is 9.53 Å². The number of nitrogens with one attached hydrogen (secondary N) is 1. The molecule has 0 spiro atoms. The molecule has 1 saturated heterocycles. The molecular formula is C12H20N2O4. The van der Waals surface area contributed by atoms with Crippen LogP contribution in [-0.4, -0.2) is 53.8 Å². The van der Waals surface area contributed by atoms with Crippen LogP contribution in [0.15, 0.2) is 0 Å². The molecular weight excluding hydrogens is 236 g/mol. The summed E-state index contributed by atoms with van der Waals surface area (Å²) in [5.41, 5.74) is -0.508. The van der Waals surface area contributed by atoms with Crippen molar-refractivity contribution in [2.24, 2.45) is 5.92 Å². The number of rotatable bonds is 5. The second-order valence-electron chi connectivity index (χ2n) is 5.47. The lowest BCUT2D eigenvalue weighted by Gasteiger charge is -2.47. The van der Waals surface area contributed by atoms with Gasteiger partial charge in [0, 0.05) is 6.54 Å². The average molecular weight is 256 g/mol. The lowest BCUT2D eigenvalue weighted by atomic mass is 9.85. The highest BCUT2D eigenvalue weighted by molar-refractivity contribution is 5.75. The van der Waals surface area contributed by atoms with E-state index in [0.29, 0.717) is 19.0 Å². The van der Waals surface area contributed by atoms with E-state index in [-0.39, 0.29) is 12.6 Å². The summed E-state index contributed by atoms with van der Waals surface area (Å²) in [6, 6.07) is -0.0710. The summed E-state index contributed by atoms with van der Waals surface area (Å²) in [6.07, 6.45) is 3.69. The first kappa shape index (κ1) is 13.1. The number of urea groups is 1. The van der Waals surface area contributed by atoms with Crippen LogP contribution >= 0.6 is 0 Å². The van der Waals surface area contributed by atoms with Gasteiger partial charge in [-0.15, -0.1) is 0 Å². The largest absolute Gasteiger partial charge is 0.480 e. The van der Waals surface area contributed by atoms with E-state index in [4.69, 9.17) is 9.84 Å². The molecule has 2 fully saturated rings. The van der Waals surface area contributed by atoms with Crippen LogP contribution < -0.4 is 5.32 Å². The Bertz CT molecular complexity index is 335. The summed E-state index contributed by atoms with van der Waals surface area (Å²) in [5, 5.41) is 11.4. The van der Waals surface area contributed by atoms with E-state index in [1.54, 1.807) is 4.90 Å². The van der Waals surface area contributed by atoms with Gasteiger partial charge in [-0.05, 0) is 25.7 Å². The van der Waals surface area contributed by atoms with E-state index in [2.05, 4.69) is 5.32 Å². The molecule has 0 radical (unpaired) electrons. The molecule has 2 amide bonds. The van der Waals surface area contributed by atoms with Gasteiger partial charge in [-0.2, -0.15) is 0 Å². The molecule has 102 valence electrons. The molecule has 0 aromatic rings. The van der Waals surface area contributed by atoms with Gasteiger partial charge in [0.1, 0.15) is 12.2 Å². The van der Waals surface area contributed by atoms with E-state index in [9.17, 15) is 9.59 Å². The number of hydrogen-bond donors (Lipinski definition) is 2. The Morgan fingerprint density at radius 2 is 2.11 bits per heavy atom. The molecule has 1 aliphatic heterocycles. The normalized spacial score (nSPS) is 21.9. The summed E-state index contributed by atoms with van der Waals surface area (Å²) in [4.78, 5) is 23.8. The van der Waals surface area contributed by atoms with Gasteiger partial charge < -0.3 is 20.1 Å². The Kier molecular flexibility index (Phi) is 3.75. The van der Waals surface area contributed by atoms with Crippen LogP contribution in [0.2, 0.25) is 0 Å². The maximum Gasteiger partial charge on any atom is 0.329 e. The Morgan fingerprint density at radius 1 is 1.44 bits per heavy atom. The van der Waals surface area contributed by atoms with Crippen LogP contribution in [0, 0.1) is 5.92 Å². The van der Waals surface area contributed by atoms with Gasteiger partial charge in [0.25, 0.3) is 0 Å². The number of carboxylic acids is 1.